The van der Waals surface area contributed by atoms with E-state index in [1.165, 1.54) is 6.07 Å². The first-order chi connectivity index (χ1) is 13.6. The zero-order valence-corrected chi connectivity index (χ0v) is 16.2. The van der Waals surface area contributed by atoms with Gasteiger partial charge in [-0.25, -0.2) is 10.4 Å². The molecule has 0 spiro atoms. The highest BCUT2D eigenvalue weighted by atomic mass is 35.5. The van der Waals surface area contributed by atoms with Crippen molar-refractivity contribution in [3.63, 3.8) is 0 Å². The first-order valence-electron chi connectivity index (χ1n) is 8.56. The van der Waals surface area contributed by atoms with Crippen molar-refractivity contribution in [2.75, 3.05) is 19.1 Å². The third-order valence-corrected chi connectivity index (χ3v) is 4.06. The second kappa shape index (κ2) is 9.05. The van der Waals surface area contributed by atoms with E-state index in [2.05, 4.69) is 20.5 Å². The number of methoxy groups -OCH3 is 1. The lowest BCUT2D eigenvalue weighted by Gasteiger charge is -2.06. The maximum Gasteiger partial charge on any atom is 0.252 e. The average Bonchev–Trinajstić information content (AvgIpc) is 2.70. The summed E-state index contributed by atoms with van der Waals surface area (Å²) in [6.07, 6.45) is 1.57. The lowest BCUT2D eigenvalue weighted by Crippen LogP contribution is -2.10. The number of nitrogens with zero attached hydrogens (tertiary/aromatic N) is 2. The number of rotatable bonds is 7. The zero-order chi connectivity index (χ0) is 19.9. The fourth-order valence-electron chi connectivity index (χ4n) is 2.46. The van der Waals surface area contributed by atoms with Gasteiger partial charge in [-0.15, -0.1) is 0 Å². The Bertz CT molecular complexity index is 1030. The first kappa shape index (κ1) is 19.4. The Morgan fingerprint density at radius 1 is 1.21 bits per heavy atom. The molecular formula is C20H19ClN4O3. The van der Waals surface area contributed by atoms with Crippen LogP contribution in [0.3, 0.4) is 0 Å². The van der Waals surface area contributed by atoms with E-state index in [9.17, 15) is 4.79 Å². The fourth-order valence-corrected chi connectivity index (χ4v) is 2.70. The van der Waals surface area contributed by atoms with Gasteiger partial charge in [0.25, 0.3) is 5.56 Å². The Labute approximate surface area is 167 Å². The topological polar surface area (TPSA) is 88.6 Å². The van der Waals surface area contributed by atoms with Crippen LogP contribution in [0.2, 0.25) is 5.02 Å². The van der Waals surface area contributed by atoms with Gasteiger partial charge in [0, 0.05) is 11.6 Å². The van der Waals surface area contributed by atoms with Crippen LogP contribution in [0.4, 0.5) is 5.95 Å². The second-order valence-corrected chi connectivity index (χ2v) is 6.11. The zero-order valence-electron chi connectivity index (χ0n) is 15.4. The molecule has 144 valence electrons. The molecule has 1 heterocycles. The molecule has 0 amide bonds. The van der Waals surface area contributed by atoms with Gasteiger partial charge in [-0.1, -0.05) is 11.6 Å². The predicted octanol–water partition coefficient (Wildman–Crippen LogP) is 3.94. The summed E-state index contributed by atoms with van der Waals surface area (Å²) in [5.41, 5.74) is 4.52. The number of hydrazone groups is 1. The van der Waals surface area contributed by atoms with Crippen molar-refractivity contribution >= 4 is 23.8 Å². The molecule has 2 N–H and O–H groups in total. The van der Waals surface area contributed by atoms with E-state index in [4.69, 9.17) is 21.1 Å². The molecule has 0 radical (unpaired) electrons. The first-order valence-corrected chi connectivity index (χ1v) is 8.94. The van der Waals surface area contributed by atoms with Gasteiger partial charge in [0.15, 0.2) is 0 Å². The van der Waals surface area contributed by atoms with Crippen molar-refractivity contribution in [1.82, 2.24) is 9.97 Å². The van der Waals surface area contributed by atoms with Crippen LogP contribution in [-0.4, -0.2) is 29.9 Å². The second-order valence-electron chi connectivity index (χ2n) is 5.70. The van der Waals surface area contributed by atoms with Crippen LogP contribution in [0.1, 0.15) is 12.5 Å². The van der Waals surface area contributed by atoms with E-state index in [1.54, 1.807) is 37.6 Å². The number of nitrogens with one attached hydrogen (secondary N) is 2. The molecule has 0 saturated carbocycles. The largest absolute Gasteiger partial charge is 0.497 e. The lowest BCUT2D eigenvalue weighted by molar-refractivity contribution is 0.340. The SMILES string of the molecule is CCOc1ccc(/C=N\Nc2nc(-c3ccc(OC)cc3)cc(=O)[nH]2)cc1Cl. The van der Waals surface area contributed by atoms with Crippen LogP contribution in [0.25, 0.3) is 11.3 Å². The number of hydrogen-bond donors (Lipinski definition) is 2. The number of aromatic nitrogens is 2. The minimum atomic E-state index is -0.289. The number of halogens is 1. The number of hydrogen-bond acceptors (Lipinski definition) is 6. The summed E-state index contributed by atoms with van der Waals surface area (Å²) in [7, 11) is 1.60. The quantitative estimate of drug-likeness (QED) is 0.464. The van der Waals surface area contributed by atoms with Gasteiger partial charge < -0.3 is 9.47 Å². The van der Waals surface area contributed by atoms with E-state index < -0.39 is 0 Å². The van der Waals surface area contributed by atoms with E-state index in [0.29, 0.717) is 23.1 Å². The fraction of sp³-hybridized carbons (Fsp3) is 0.150. The molecule has 1 aromatic heterocycles. The van der Waals surface area contributed by atoms with E-state index >= 15 is 0 Å². The molecular weight excluding hydrogens is 380 g/mol. The highest BCUT2D eigenvalue weighted by Gasteiger charge is 2.05. The van der Waals surface area contributed by atoms with E-state index in [1.807, 2.05) is 25.1 Å². The molecule has 3 aromatic rings. The standard InChI is InChI=1S/C20H19ClN4O3/c1-3-28-18-9-4-13(10-16(18)21)12-22-25-20-23-17(11-19(26)24-20)14-5-7-15(27-2)8-6-14/h4-12H,3H2,1-2H3,(H2,23,24,25,26)/b22-12-. The molecule has 0 aliphatic carbocycles. The number of aromatic amines is 1. The van der Waals surface area contributed by atoms with Crippen LogP contribution in [0, 0.1) is 0 Å². The smallest absolute Gasteiger partial charge is 0.252 e. The molecule has 3 rings (SSSR count). The van der Waals surface area contributed by atoms with E-state index in [-0.39, 0.29) is 11.5 Å². The van der Waals surface area contributed by atoms with Crippen LogP contribution in [0.5, 0.6) is 11.5 Å². The van der Waals surface area contributed by atoms with Crippen molar-refractivity contribution in [2.24, 2.45) is 5.10 Å². The van der Waals surface area contributed by atoms with Gasteiger partial charge in [0.2, 0.25) is 5.95 Å². The van der Waals surface area contributed by atoms with Gasteiger partial charge in [-0.3, -0.25) is 9.78 Å². The summed E-state index contributed by atoms with van der Waals surface area (Å²) < 4.78 is 10.5. The molecule has 28 heavy (non-hydrogen) atoms. The number of H-pyrrole nitrogens is 1. The number of anilines is 1. The minimum absolute atomic E-state index is 0.228. The molecule has 0 atom stereocenters. The van der Waals surface area contributed by atoms with Gasteiger partial charge in [-0.05, 0) is 55.0 Å². The Hall–Kier alpha value is -3.32. The minimum Gasteiger partial charge on any atom is -0.497 e. The third kappa shape index (κ3) is 4.89. The molecule has 0 bridgehead atoms. The molecule has 0 unspecified atom stereocenters. The van der Waals surface area contributed by atoms with Gasteiger partial charge in [0.05, 0.1) is 30.6 Å². The highest BCUT2D eigenvalue weighted by molar-refractivity contribution is 6.32. The van der Waals surface area contributed by atoms with Crippen LogP contribution < -0.4 is 20.5 Å². The number of ether oxygens (including phenoxy) is 2. The predicted molar refractivity (Wildman–Crippen MR) is 111 cm³/mol. The van der Waals surface area contributed by atoms with Gasteiger partial charge in [-0.2, -0.15) is 5.10 Å². The Kier molecular flexibility index (Phi) is 6.29. The average molecular weight is 399 g/mol. The monoisotopic (exact) mass is 398 g/mol. The summed E-state index contributed by atoms with van der Waals surface area (Å²) in [4.78, 5) is 18.9. The lowest BCUT2D eigenvalue weighted by atomic mass is 10.1. The summed E-state index contributed by atoms with van der Waals surface area (Å²) in [6.45, 7) is 2.43. The van der Waals surface area contributed by atoms with Crippen molar-refractivity contribution in [1.29, 1.82) is 0 Å². The maximum atomic E-state index is 11.9. The van der Waals surface area contributed by atoms with Crippen molar-refractivity contribution in [3.8, 4) is 22.8 Å². The van der Waals surface area contributed by atoms with Gasteiger partial charge >= 0.3 is 0 Å². The molecule has 8 heteroatoms. The highest BCUT2D eigenvalue weighted by Crippen LogP contribution is 2.25. The molecule has 2 aromatic carbocycles. The Balaban J connectivity index is 1.75. The van der Waals surface area contributed by atoms with Crippen molar-refractivity contribution in [3.05, 3.63) is 69.5 Å². The molecule has 0 aliphatic heterocycles. The normalized spacial score (nSPS) is 10.8. The third-order valence-electron chi connectivity index (χ3n) is 3.77. The van der Waals surface area contributed by atoms with Crippen molar-refractivity contribution < 1.29 is 9.47 Å². The van der Waals surface area contributed by atoms with Gasteiger partial charge in [0.1, 0.15) is 11.5 Å². The van der Waals surface area contributed by atoms with E-state index in [0.717, 1.165) is 16.9 Å². The number of benzene rings is 2. The molecule has 0 saturated heterocycles. The van der Waals surface area contributed by atoms with Crippen LogP contribution >= 0.6 is 11.6 Å². The Morgan fingerprint density at radius 3 is 2.68 bits per heavy atom. The molecule has 0 aliphatic rings. The summed E-state index contributed by atoms with van der Waals surface area (Å²) in [5, 5.41) is 4.60. The maximum absolute atomic E-state index is 11.9. The van der Waals surface area contributed by atoms with Crippen LogP contribution in [-0.2, 0) is 0 Å². The summed E-state index contributed by atoms with van der Waals surface area (Å²) >= 11 is 6.16. The van der Waals surface area contributed by atoms with Crippen molar-refractivity contribution in [2.45, 2.75) is 6.92 Å². The molecule has 7 nitrogen and oxygen atoms in total. The summed E-state index contributed by atoms with van der Waals surface area (Å²) in [6, 6.07) is 14.0. The Morgan fingerprint density at radius 2 is 2.00 bits per heavy atom. The van der Waals surface area contributed by atoms with Crippen LogP contribution in [0.15, 0.2) is 58.4 Å². The summed E-state index contributed by atoms with van der Waals surface area (Å²) in [5.74, 6) is 1.57. The molecule has 0 fully saturated rings.